The second kappa shape index (κ2) is 4.91. The van der Waals surface area contributed by atoms with Crippen molar-refractivity contribution in [2.75, 3.05) is 13.6 Å². The van der Waals surface area contributed by atoms with Gasteiger partial charge in [0.2, 0.25) is 0 Å². The summed E-state index contributed by atoms with van der Waals surface area (Å²) < 4.78 is 13.3. The molecule has 0 aliphatic heterocycles. The number of aryl methyl sites for hydroxylation is 1. The second-order valence-electron chi connectivity index (χ2n) is 3.55. The van der Waals surface area contributed by atoms with Gasteiger partial charge in [-0.25, -0.2) is 4.39 Å². The van der Waals surface area contributed by atoms with E-state index in [1.807, 2.05) is 33.0 Å². The van der Waals surface area contributed by atoms with E-state index in [1.54, 1.807) is 6.07 Å². The molecule has 0 aromatic heterocycles. The Morgan fingerprint density at radius 1 is 1.50 bits per heavy atom. The number of rotatable bonds is 3. The van der Waals surface area contributed by atoms with Crippen LogP contribution in [-0.2, 0) is 0 Å². The summed E-state index contributed by atoms with van der Waals surface area (Å²) in [4.78, 5) is 0. The fourth-order valence-corrected chi connectivity index (χ4v) is 1.37. The average molecular weight is 193 g/mol. The SMILES string of the molecule is CNC/C(C)=C/c1cc(C)ccc1F. The molecular formula is C12H16FN. The van der Waals surface area contributed by atoms with Crippen LogP contribution in [0.3, 0.4) is 0 Å². The van der Waals surface area contributed by atoms with Gasteiger partial charge in [0.1, 0.15) is 5.82 Å². The van der Waals surface area contributed by atoms with Crippen molar-refractivity contribution in [1.29, 1.82) is 0 Å². The van der Waals surface area contributed by atoms with Crippen LogP contribution in [0.25, 0.3) is 6.08 Å². The number of likely N-dealkylation sites (N-methyl/N-ethyl adjacent to an activating group) is 1. The molecule has 0 fully saturated rings. The maximum Gasteiger partial charge on any atom is 0.130 e. The normalized spacial score (nSPS) is 11.9. The highest BCUT2D eigenvalue weighted by Gasteiger charge is 1.99. The molecule has 0 saturated heterocycles. The molecular weight excluding hydrogens is 177 g/mol. The van der Waals surface area contributed by atoms with Crippen LogP contribution in [0, 0.1) is 12.7 Å². The molecule has 1 nitrogen and oxygen atoms in total. The highest BCUT2D eigenvalue weighted by atomic mass is 19.1. The molecule has 2 heteroatoms. The Bertz CT molecular complexity index is 342. The zero-order chi connectivity index (χ0) is 10.6. The average Bonchev–Trinajstić information content (AvgIpc) is 2.12. The summed E-state index contributed by atoms with van der Waals surface area (Å²) in [5.74, 6) is -0.161. The molecule has 1 aromatic rings. The Morgan fingerprint density at radius 2 is 2.21 bits per heavy atom. The molecule has 0 radical (unpaired) electrons. The van der Waals surface area contributed by atoms with Crippen LogP contribution in [-0.4, -0.2) is 13.6 Å². The third kappa shape index (κ3) is 2.96. The molecule has 0 aliphatic rings. The van der Waals surface area contributed by atoms with Gasteiger partial charge in [0.25, 0.3) is 0 Å². The highest BCUT2D eigenvalue weighted by Crippen LogP contribution is 2.13. The van der Waals surface area contributed by atoms with Crippen LogP contribution < -0.4 is 5.32 Å². The second-order valence-corrected chi connectivity index (χ2v) is 3.55. The van der Waals surface area contributed by atoms with E-state index >= 15 is 0 Å². The van der Waals surface area contributed by atoms with Crippen LogP contribution in [0.15, 0.2) is 23.8 Å². The maximum atomic E-state index is 13.3. The minimum atomic E-state index is -0.161. The lowest BCUT2D eigenvalue weighted by molar-refractivity contribution is 0.624. The van der Waals surface area contributed by atoms with E-state index < -0.39 is 0 Å². The van der Waals surface area contributed by atoms with Gasteiger partial charge in [0, 0.05) is 12.1 Å². The minimum absolute atomic E-state index is 0.161. The third-order valence-electron chi connectivity index (χ3n) is 2.01. The van der Waals surface area contributed by atoms with Gasteiger partial charge in [-0.15, -0.1) is 0 Å². The number of benzene rings is 1. The fraction of sp³-hybridized carbons (Fsp3) is 0.333. The summed E-state index contributed by atoms with van der Waals surface area (Å²) in [6.07, 6.45) is 1.87. The summed E-state index contributed by atoms with van der Waals surface area (Å²) in [5, 5.41) is 3.03. The smallest absolute Gasteiger partial charge is 0.130 e. The van der Waals surface area contributed by atoms with E-state index in [0.29, 0.717) is 5.56 Å². The summed E-state index contributed by atoms with van der Waals surface area (Å²) in [6, 6.07) is 5.14. The summed E-state index contributed by atoms with van der Waals surface area (Å²) in [5.41, 5.74) is 2.87. The summed E-state index contributed by atoms with van der Waals surface area (Å²) in [7, 11) is 1.88. The first-order chi connectivity index (χ1) is 6.63. The van der Waals surface area contributed by atoms with Crippen molar-refractivity contribution < 1.29 is 4.39 Å². The van der Waals surface area contributed by atoms with E-state index in [0.717, 1.165) is 17.7 Å². The van der Waals surface area contributed by atoms with E-state index in [-0.39, 0.29) is 5.82 Å². The number of hydrogen-bond donors (Lipinski definition) is 1. The molecule has 0 atom stereocenters. The van der Waals surface area contributed by atoms with Gasteiger partial charge in [0.05, 0.1) is 0 Å². The van der Waals surface area contributed by atoms with Crippen molar-refractivity contribution in [3.05, 3.63) is 40.7 Å². The Labute approximate surface area is 84.6 Å². The Kier molecular flexibility index (Phi) is 3.84. The largest absolute Gasteiger partial charge is 0.316 e. The fourth-order valence-electron chi connectivity index (χ4n) is 1.37. The van der Waals surface area contributed by atoms with Gasteiger partial charge in [-0.2, -0.15) is 0 Å². The molecule has 0 aliphatic carbocycles. The van der Waals surface area contributed by atoms with Gasteiger partial charge in [0.15, 0.2) is 0 Å². The van der Waals surface area contributed by atoms with Crippen LogP contribution in [0.2, 0.25) is 0 Å². The lowest BCUT2D eigenvalue weighted by Crippen LogP contribution is -2.08. The molecule has 0 bridgehead atoms. The van der Waals surface area contributed by atoms with Crippen LogP contribution in [0.1, 0.15) is 18.1 Å². The molecule has 0 heterocycles. The van der Waals surface area contributed by atoms with Gasteiger partial charge < -0.3 is 5.32 Å². The number of hydrogen-bond acceptors (Lipinski definition) is 1. The van der Waals surface area contributed by atoms with E-state index in [1.165, 1.54) is 6.07 Å². The zero-order valence-electron chi connectivity index (χ0n) is 8.89. The Balaban J connectivity index is 2.95. The van der Waals surface area contributed by atoms with E-state index in [2.05, 4.69) is 5.32 Å². The summed E-state index contributed by atoms with van der Waals surface area (Å²) >= 11 is 0. The first-order valence-corrected chi connectivity index (χ1v) is 4.71. The summed E-state index contributed by atoms with van der Waals surface area (Å²) in [6.45, 7) is 4.73. The van der Waals surface area contributed by atoms with Crippen LogP contribution in [0.4, 0.5) is 4.39 Å². The minimum Gasteiger partial charge on any atom is -0.316 e. The van der Waals surface area contributed by atoms with Gasteiger partial charge in [-0.1, -0.05) is 23.3 Å². The lowest BCUT2D eigenvalue weighted by Gasteiger charge is -2.02. The molecule has 1 aromatic carbocycles. The van der Waals surface area contributed by atoms with Crippen molar-refractivity contribution in [3.63, 3.8) is 0 Å². The predicted molar refractivity (Wildman–Crippen MR) is 58.7 cm³/mol. The van der Waals surface area contributed by atoms with E-state index in [9.17, 15) is 4.39 Å². The molecule has 1 rings (SSSR count). The standard InChI is InChI=1S/C12H16FN/c1-9-4-5-12(13)11(6-9)7-10(2)8-14-3/h4-7,14H,8H2,1-3H3/b10-7+. The highest BCUT2D eigenvalue weighted by molar-refractivity contribution is 5.54. The Morgan fingerprint density at radius 3 is 2.86 bits per heavy atom. The van der Waals surface area contributed by atoms with Crippen molar-refractivity contribution >= 4 is 6.08 Å². The van der Waals surface area contributed by atoms with Gasteiger partial charge >= 0.3 is 0 Å². The number of nitrogens with one attached hydrogen (secondary N) is 1. The van der Waals surface area contributed by atoms with Crippen molar-refractivity contribution in [1.82, 2.24) is 5.32 Å². The molecule has 0 unspecified atom stereocenters. The third-order valence-corrected chi connectivity index (χ3v) is 2.01. The first kappa shape index (κ1) is 10.9. The molecule has 0 saturated carbocycles. The van der Waals surface area contributed by atoms with Crippen molar-refractivity contribution in [2.24, 2.45) is 0 Å². The molecule has 14 heavy (non-hydrogen) atoms. The van der Waals surface area contributed by atoms with Crippen molar-refractivity contribution in [3.8, 4) is 0 Å². The zero-order valence-corrected chi connectivity index (χ0v) is 8.89. The first-order valence-electron chi connectivity index (χ1n) is 4.71. The Hall–Kier alpha value is -1.15. The lowest BCUT2D eigenvalue weighted by atomic mass is 10.1. The topological polar surface area (TPSA) is 12.0 Å². The maximum absolute atomic E-state index is 13.3. The van der Waals surface area contributed by atoms with Crippen LogP contribution in [0.5, 0.6) is 0 Å². The van der Waals surface area contributed by atoms with Gasteiger partial charge in [-0.05, 0) is 33.0 Å². The van der Waals surface area contributed by atoms with Gasteiger partial charge in [-0.3, -0.25) is 0 Å². The monoisotopic (exact) mass is 193 g/mol. The van der Waals surface area contributed by atoms with Crippen molar-refractivity contribution in [2.45, 2.75) is 13.8 Å². The predicted octanol–water partition coefficient (Wildman–Crippen LogP) is 2.76. The number of halogens is 1. The molecule has 1 N–H and O–H groups in total. The quantitative estimate of drug-likeness (QED) is 0.778. The molecule has 0 amide bonds. The molecule has 76 valence electrons. The van der Waals surface area contributed by atoms with Crippen LogP contribution >= 0.6 is 0 Å². The van der Waals surface area contributed by atoms with E-state index in [4.69, 9.17) is 0 Å². The molecule has 0 spiro atoms.